The van der Waals surface area contributed by atoms with E-state index in [1.165, 1.54) is 23.1 Å². The zero-order valence-corrected chi connectivity index (χ0v) is 19.8. The Hall–Kier alpha value is -3.10. The maximum absolute atomic E-state index is 12.8. The first-order chi connectivity index (χ1) is 15.5. The van der Waals surface area contributed by atoms with E-state index in [1.54, 1.807) is 14.2 Å². The summed E-state index contributed by atoms with van der Waals surface area (Å²) in [4.78, 5) is 22.1. The number of aromatic nitrogens is 2. The van der Waals surface area contributed by atoms with Crippen LogP contribution >= 0.6 is 23.1 Å². The predicted molar refractivity (Wildman–Crippen MR) is 131 cm³/mol. The van der Waals surface area contributed by atoms with E-state index in [0.29, 0.717) is 5.13 Å². The number of aryl methyl sites for hydroxylation is 1. The fourth-order valence-electron chi connectivity index (χ4n) is 3.25. The number of nitrogens with zero attached hydrogens (tertiary/aromatic N) is 2. The monoisotopic (exact) mass is 465 g/mol. The van der Waals surface area contributed by atoms with Gasteiger partial charge >= 0.3 is 0 Å². The molecule has 4 rings (SSSR count). The van der Waals surface area contributed by atoms with Gasteiger partial charge in [-0.25, -0.2) is 9.97 Å². The number of amides is 1. The number of nitrogens with one attached hydrogen (secondary N) is 1. The Morgan fingerprint density at radius 2 is 1.88 bits per heavy atom. The van der Waals surface area contributed by atoms with E-state index in [0.717, 1.165) is 44.2 Å². The van der Waals surface area contributed by atoms with E-state index in [9.17, 15) is 4.79 Å². The molecule has 0 saturated carbocycles. The zero-order chi connectivity index (χ0) is 22.7. The van der Waals surface area contributed by atoms with Gasteiger partial charge in [0, 0.05) is 16.3 Å². The number of carbonyl (C=O) groups is 1. The van der Waals surface area contributed by atoms with Crippen LogP contribution in [0, 0.1) is 6.92 Å². The van der Waals surface area contributed by atoms with E-state index in [2.05, 4.69) is 10.3 Å². The molecule has 0 fully saturated rings. The van der Waals surface area contributed by atoms with E-state index in [1.807, 2.05) is 67.8 Å². The first-order valence-electron chi connectivity index (χ1n) is 10.0. The zero-order valence-electron chi connectivity index (χ0n) is 18.2. The molecule has 0 spiro atoms. The summed E-state index contributed by atoms with van der Waals surface area (Å²) in [5.74, 6) is 1.39. The first kappa shape index (κ1) is 22.1. The van der Waals surface area contributed by atoms with E-state index in [4.69, 9.17) is 14.5 Å². The molecule has 2 heterocycles. The molecule has 8 heteroatoms. The number of hydrogen-bond donors (Lipinski definition) is 1. The number of rotatable bonds is 7. The third-order valence-electron chi connectivity index (χ3n) is 4.99. The molecule has 0 aliphatic heterocycles. The molecule has 0 aliphatic rings. The Morgan fingerprint density at radius 3 is 2.59 bits per heavy atom. The summed E-state index contributed by atoms with van der Waals surface area (Å²) < 4.78 is 10.6. The van der Waals surface area contributed by atoms with Gasteiger partial charge in [-0.15, -0.1) is 11.3 Å². The molecule has 4 aromatic rings. The second-order valence-corrected chi connectivity index (χ2v) is 9.37. The number of hydrogen-bond acceptors (Lipinski definition) is 7. The van der Waals surface area contributed by atoms with Crippen molar-refractivity contribution < 1.29 is 14.3 Å². The second-order valence-electron chi connectivity index (χ2n) is 7.15. The van der Waals surface area contributed by atoms with E-state index in [-0.39, 0.29) is 11.2 Å². The van der Waals surface area contributed by atoms with Crippen molar-refractivity contribution in [3.63, 3.8) is 0 Å². The lowest BCUT2D eigenvalue weighted by Crippen LogP contribution is -2.22. The van der Waals surface area contributed by atoms with Crippen LogP contribution in [0.3, 0.4) is 0 Å². The Morgan fingerprint density at radius 1 is 1.09 bits per heavy atom. The minimum Gasteiger partial charge on any atom is -0.497 e. The number of pyridine rings is 1. The molecule has 0 radical (unpaired) electrons. The van der Waals surface area contributed by atoms with Crippen molar-refractivity contribution in [1.29, 1.82) is 0 Å². The Labute approximate surface area is 195 Å². The fourth-order valence-corrected chi connectivity index (χ4v) is 4.89. The van der Waals surface area contributed by atoms with Gasteiger partial charge in [-0.2, -0.15) is 0 Å². The lowest BCUT2D eigenvalue weighted by Gasteiger charge is -2.13. The number of methoxy groups -OCH3 is 2. The minimum absolute atomic E-state index is 0.120. The highest BCUT2D eigenvalue weighted by Crippen LogP contribution is 2.32. The van der Waals surface area contributed by atoms with E-state index >= 15 is 0 Å². The molecule has 0 saturated heterocycles. The van der Waals surface area contributed by atoms with E-state index < -0.39 is 0 Å². The summed E-state index contributed by atoms with van der Waals surface area (Å²) in [5, 5.41) is 6.89. The van der Waals surface area contributed by atoms with Gasteiger partial charge in [0.2, 0.25) is 5.91 Å². The molecule has 1 amide bonds. The van der Waals surface area contributed by atoms with Gasteiger partial charge in [-0.1, -0.05) is 23.9 Å². The average molecular weight is 466 g/mol. The third kappa shape index (κ3) is 4.71. The molecule has 2 aromatic heterocycles. The van der Waals surface area contributed by atoms with Gasteiger partial charge < -0.3 is 14.8 Å². The molecular weight excluding hydrogens is 442 g/mol. The molecular formula is C24H23N3O3S2. The summed E-state index contributed by atoms with van der Waals surface area (Å²) in [6.07, 6.45) is 0. The number of ether oxygens (including phenoxy) is 2. The molecule has 1 atom stereocenters. The predicted octanol–water partition coefficient (Wildman–Crippen LogP) is 5.80. The molecule has 1 unspecified atom stereocenters. The maximum atomic E-state index is 12.8. The van der Waals surface area contributed by atoms with Crippen LogP contribution in [0.25, 0.3) is 22.2 Å². The number of benzene rings is 2. The van der Waals surface area contributed by atoms with Crippen LogP contribution in [0.5, 0.6) is 11.5 Å². The van der Waals surface area contributed by atoms with Gasteiger partial charge in [0.25, 0.3) is 0 Å². The van der Waals surface area contributed by atoms with Crippen molar-refractivity contribution in [3.05, 3.63) is 59.5 Å². The van der Waals surface area contributed by atoms with Gasteiger partial charge in [0.05, 0.1) is 30.2 Å². The van der Waals surface area contributed by atoms with Crippen LogP contribution < -0.4 is 14.8 Å². The lowest BCUT2D eigenvalue weighted by atomic mass is 10.1. The van der Waals surface area contributed by atoms with Gasteiger partial charge in [0.1, 0.15) is 17.0 Å². The second kappa shape index (κ2) is 9.58. The van der Waals surface area contributed by atoms with Crippen molar-refractivity contribution in [1.82, 2.24) is 9.97 Å². The number of carbonyl (C=O) groups excluding carboxylic acids is 1. The Balaban J connectivity index is 1.46. The average Bonchev–Trinajstić information content (AvgIpc) is 3.27. The van der Waals surface area contributed by atoms with Crippen molar-refractivity contribution in [2.24, 2.45) is 0 Å². The standard InChI is InChI=1S/C24H23N3O3S2/c1-14-12-21(26-22-18(14)6-5-7-20(22)30-4)32-15(2)23(28)27-24-25-19(13-31-24)16-8-10-17(29-3)11-9-16/h5-13,15H,1-4H3,(H,25,27,28). The van der Waals surface area contributed by atoms with Crippen molar-refractivity contribution >= 4 is 45.0 Å². The van der Waals surface area contributed by atoms with Gasteiger partial charge in [-0.3, -0.25) is 4.79 Å². The van der Waals surface area contributed by atoms with Crippen molar-refractivity contribution in [2.45, 2.75) is 24.1 Å². The molecule has 0 bridgehead atoms. The highest BCUT2D eigenvalue weighted by molar-refractivity contribution is 8.00. The molecule has 32 heavy (non-hydrogen) atoms. The number of thiazole rings is 1. The SMILES string of the molecule is COc1ccc(-c2csc(NC(=O)C(C)Sc3cc(C)c4cccc(OC)c4n3)n2)cc1. The van der Waals surface area contributed by atoms with Crippen LogP contribution in [-0.2, 0) is 4.79 Å². The largest absolute Gasteiger partial charge is 0.497 e. The minimum atomic E-state index is -0.345. The normalized spacial score (nSPS) is 11.9. The summed E-state index contributed by atoms with van der Waals surface area (Å²) in [7, 11) is 3.27. The smallest absolute Gasteiger partial charge is 0.239 e. The van der Waals surface area contributed by atoms with Crippen LogP contribution in [0.4, 0.5) is 5.13 Å². The molecule has 0 aliphatic carbocycles. The third-order valence-corrected chi connectivity index (χ3v) is 6.77. The summed E-state index contributed by atoms with van der Waals surface area (Å²) in [6, 6.07) is 15.5. The van der Waals surface area contributed by atoms with Crippen LogP contribution in [0.15, 0.2) is 58.9 Å². The van der Waals surface area contributed by atoms with Crippen LogP contribution in [0.2, 0.25) is 0 Å². The summed E-state index contributed by atoms with van der Waals surface area (Å²) in [5.41, 5.74) is 3.67. The maximum Gasteiger partial charge on any atom is 0.239 e. The molecule has 1 N–H and O–H groups in total. The Bertz CT molecular complexity index is 1260. The lowest BCUT2D eigenvalue weighted by molar-refractivity contribution is -0.115. The number of para-hydroxylation sites is 1. The number of anilines is 1. The highest BCUT2D eigenvalue weighted by atomic mass is 32.2. The highest BCUT2D eigenvalue weighted by Gasteiger charge is 2.18. The van der Waals surface area contributed by atoms with Gasteiger partial charge in [-0.05, 0) is 55.8 Å². The topological polar surface area (TPSA) is 73.3 Å². The molecule has 6 nitrogen and oxygen atoms in total. The van der Waals surface area contributed by atoms with Gasteiger partial charge in [0.15, 0.2) is 5.13 Å². The fraction of sp³-hybridized carbons (Fsp3) is 0.208. The van der Waals surface area contributed by atoms with Crippen molar-refractivity contribution in [2.75, 3.05) is 19.5 Å². The summed E-state index contributed by atoms with van der Waals surface area (Å²) in [6.45, 7) is 3.90. The Kier molecular flexibility index (Phi) is 6.62. The quantitative estimate of drug-likeness (QED) is 0.348. The van der Waals surface area contributed by atoms with Crippen LogP contribution in [0.1, 0.15) is 12.5 Å². The van der Waals surface area contributed by atoms with Crippen molar-refractivity contribution in [3.8, 4) is 22.8 Å². The molecule has 2 aromatic carbocycles. The first-order valence-corrected chi connectivity index (χ1v) is 11.8. The number of thioether (sulfide) groups is 1. The number of fused-ring (bicyclic) bond motifs is 1. The van der Waals surface area contributed by atoms with Crippen LogP contribution in [-0.4, -0.2) is 35.3 Å². The summed E-state index contributed by atoms with van der Waals surface area (Å²) >= 11 is 2.81. The molecule has 164 valence electrons.